The molecule has 0 aliphatic heterocycles. The number of esters is 1. The molecule has 6 heteroatoms. The molecule has 0 spiro atoms. The quantitative estimate of drug-likeness (QED) is 0.0717. The molecule has 0 amide bonds. The molecule has 0 aliphatic carbocycles. The van der Waals surface area contributed by atoms with Crippen LogP contribution in [0.3, 0.4) is 0 Å². The first-order valence-corrected chi connectivity index (χ1v) is 15.1. The minimum absolute atomic E-state index is 0.356. The summed E-state index contributed by atoms with van der Waals surface area (Å²) in [5, 5.41) is 8.87. The van der Waals surface area contributed by atoms with Crippen LogP contribution >= 0.6 is 11.8 Å². The molecule has 0 saturated carbocycles. The molecule has 0 N–H and O–H groups in total. The normalized spacial score (nSPS) is 11.1. The molecule has 0 bridgehead atoms. The van der Waals surface area contributed by atoms with Crippen molar-refractivity contribution in [2.45, 2.75) is 103 Å². The topological polar surface area (TPSA) is 65.2 Å². The van der Waals surface area contributed by atoms with Gasteiger partial charge < -0.3 is 9.15 Å². The first-order chi connectivity index (χ1) is 18.2. The van der Waals surface area contributed by atoms with Gasteiger partial charge in [0.25, 0.3) is 5.22 Å². The van der Waals surface area contributed by atoms with E-state index in [0.29, 0.717) is 22.4 Å². The first-order valence-electron chi connectivity index (χ1n) is 14.1. The van der Waals surface area contributed by atoms with Gasteiger partial charge in [0, 0.05) is 11.3 Å². The highest BCUT2D eigenvalue weighted by atomic mass is 32.2. The fraction of sp³-hybridized carbons (Fsp3) is 0.516. The summed E-state index contributed by atoms with van der Waals surface area (Å²) in [6.45, 7) is 4.46. The molecular formula is C31H42N2O3S. The Labute approximate surface area is 226 Å². The second kappa shape index (κ2) is 17.0. The minimum atomic E-state index is -0.356. The van der Waals surface area contributed by atoms with Gasteiger partial charge in [-0.15, -0.1) is 10.2 Å². The van der Waals surface area contributed by atoms with Crippen molar-refractivity contribution >= 4 is 17.7 Å². The number of ether oxygens (including phenoxy) is 1. The van der Waals surface area contributed by atoms with Crippen LogP contribution in [0.1, 0.15) is 107 Å². The minimum Gasteiger partial charge on any atom is -0.423 e. The summed E-state index contributed by atoms with van der Waals surface area (Å²) in [4.78, 5) is 12.6. The maximum Gasteiger partial charge on any atom is 0.343 e. The number of rotatable bonds is 18. The summed E-state index contributed by atoms with van der Waals surface area (Å²) in [6.07, 6.45) is 16.5. The largest absolute Gasteiger partial charge is 0.423 e. The van der Waals surface area contributed by atoms with E-state index in [1.165, 1.54) is 76.2 Å². The fourth-order valence-corrected chi connectivity index (χ4v) is 4.93. The Morgan fingerprint density at radius 1 is 0.757 bits per heavy atom. The number of aryl methyl sites for hydroxylation is 1. The maximum absolute atomic E-state index is 12.6. The van der Waals surface area contributed by atoms with Gasteiger partial charge in [-0.2, -0.15) is 0 Å². The van der Waals surface area contributed by atoms with E-state index < -0.39 is 0 Å². The van der Waals surface area contributed by atoms with Crippen molar-refractivity contribution in [3.8, 4) is 17.2 Å². The monoisotopic (exact) mass is 522 g/mol. The Bertz CT molecular complexity index is 1030. The van der Waals surface area contributed by atoms with Crippen molar-refractivity contribution in [1.29, 1.82) is 0 Å². The molecule has 2 aromatic carbocycles. The van der Waals surface area contributed by atoms with Gasteiger partial charge >= 0.3 is 5.97 Å². The Morgan fingerprint density at radius 2 is 1.38 bits per heavy atom. The second-order valence-corrected chi connectivity index (χ2v) is 10.7. The van der Waals surface area contributed by atoms with Gasteiger partial charge in [-0.1, -0.05) is 102 Å². The summed E-state index contributed by atoms with van der Waals surface area (Å²) in [7, 11) is 0. The summed E-state index contributed by atoms with van der Waals surface area (Å²) in [5.41, 5.74) is 2.63. The average molecular weight is 523 g/mol. The number of aromatic nitrogens is 2. The highest BCUT2D eigenvalue weighted by molar-refractivity contribution is 7.99. The van der Waals surface area contributed by atoms with E-state index in [-0.39, 0.29) is 5.97 Å². The molecule has 200 valence electrons. The smallest absolute Gasteiger partial charge is 0.343 e. The number of carbonyl (C=O) groups is 1. The third kappa shape index (κ3) is 10.7. The molecular weight excluding hydrogens is 480 g/mol. The molecule has 0 unspecified atom stereocenters. The summed E-state index contributed by atoms with van der Waals surface area (Å²) in [5.74, 6) is 1.59. The predicted octanol–water partition coefficient (Wildman–Crippen LogP) is 9.31. The van der Waals surface area contributed by atoms with Crippen LogP contribution in [-0.2, 0) is 6.42 Å². The van der Waals surface area contributed by atoms with Gasteiger partial charge in [0.1, 0.15) is 5.75 Å². The third-order valence-electron chi connectivity index (χ3n) is 6.45. The van der Waals surface area contributed by atoms with Gasteiger partial charge in [0.15, 0.2) is 0 Å². The third-order valence-corrected chi connectivity index (χ3v) is 7.36. The van der Waals surface area contributed by atoms with Gasteiger partial charge in [0.2, 0.25) is 5.89 Å². The number of carbonyl (C=O) groups excluding carboxylic acids is 1. The summed E-state index contributed by atoms with van der Waals surface area (Å²) in [6, 6.07) is 15.0. The fourth-order valence-electron chi connectivity index (χ4n) is 4.18. The van der Waals surface area contributed by atoms with Crippen LogP contribution in [0, 0.1) is 0 Å². The average Bonchev–Trinajstić information content (AvgIpc) is 3.40. The maximum atomic E-state index is 12.6. The van der Waals surface area contributed by atoms with Crippen LogP contribution in [0.2, 0.25) is 0 Å². The van der Waals surface area contributed by atoms with Crippen LogP contribution in [0.4, 0.5) is 0 Å². The predicted molar refractivity (Wildman–Crippen MR) is 152 cm³/mol. The highest BCUT2D eigenvalue weighted by Crippen LogP contribution is 2.26. The van der Waals surface area contributed by atoms with Crippen molar-refractivity contribution in [2.24, 2.45) is 0 Å². The molecule has 3 rings (SSSR count). The van der Waals surface area contributed by atoms with Crippen LogP contribution < -0.4 is 4.74 Å². The molecule has 0 aliphatic rings. The Morgan fingerprint density at radius 3 is 2.05 bits per heavy atom. The van der Waals surface area contributed by atoms with Crippen molar-refractivity contribution < 1.29 is 13.9 Å². The van der Waals surface area contributed by atoms with Gasteiger partial charge in [-0.05, 0) is 61.2 Å². The van der Waals surface area contributed by atoms with E-state index in [0.717, 1.165) is 24.2 Å². The zero-order valence-electron chi connectivity index (χ0n) is 22.5. The van der Waals surface area contributed by atoms with Crippen LogP contribution in [0.25, 0.3) is 11.5 Å². The zero-order chi connectivity index (χ0) is 26.1. The lowest BCUT2D eigenvalue weighted by molar-refractivity contribution is 0.0735. The number of thioether (sulfide) groups is 1. The molecule has 0 fully saturated rings. The van der Waals surface area contributed by atoms with Crippen LogP contribution in [0.15, 0.2) is 58.2 Å². The van der Waals surface area contributed by atoms with Gasteiger partial charge in [-0.25, -0.2) is 4.79 Å². The molecule has 3 aromatic rings. The molecule has 37 heavy (non-hydrogen) atoms. The summed E-state index contributed by atoms with van der Waals surface area (Å²) >= 11 is 1.60. The van der Waals surface area contributed by atoms with E-state index in [9.17, 15) is 4.79 Å². The molecule has 5 nitrogen and oxygen atoms in total. The van der Waals surface area contributed by atoms with Crippen molar-refractivity contribution in [3.05, 3.63) is 59.7 Å². The van der Waals surface area contributed by atoms with E-state index in [1.807, 2.05) is 36.4 Å². The molecule has 1 heterocycles. The van der Waals surface area contributed by atoms with Crippen molar-refractivity contribution in [1.82, 2.24) is 10.2 Å². The Hall–Kier alpha value is -2.60. The Balaban J connectivity index is 1.39. The molecule has 0 radical (unpaired) electrons. The molecule has 0 atom stereocenters. The van der Waals surface area contributed by atoms with Gasteiger partial charge in [0.05, 0.1) is 5.56 Å². The van der Waals surface area contributed by atoms with Crippen LogP contribution in [-0.4, -0.2) is 21.9 Å². The standard InChI is InChI=1S/C31H42N2O3S/c1-3-5-7-9-10-11-12-13-15-25-16-18-27(19-17-25)30(34)35-28-22-20-26(21-23-28)29-32-33-31(36-29)37-24-14-8-6-4-2/h16-23H,3-15,24H2,1-2H3. The van der Waals surface area contributed by atoms with E-state index in [4.69, 9.17) is 9.15 Å². The SMILES string of the molecule is CCCCCCCCCCc1ccc(C(=O)Oc2ccc(-c3nnc(SCCCCCC)o3)cc2)cc1. The van der Waals surface area contributed by atoms with Crippen LogP contribution in [0.5, 0.6) is 5.75 Å². The van der Waals surface area contributed by atoms with E-state index in [2.05, 4.69) is 24.0 Å². The molecule has 0 saturated heterocycles. The lowest BCUT2D eigenvalue weighted by Crippen LogP contribution is -2.08. The number of hydrogen-bond donors (Lipinski definition) is 0. The zero-order valence-corrected chi connectivity index (χ0v) is 23.4. The van der Waals surface area contributed by atoms with Crippen molar-refractivity contribution in [2.75, 3.05) is 5.75 Å². The van der Waals surface area contributed by atoms with E-state index >= 15 is 0 Å². The number of benzene rings is 2. The number of nitrogens with zero attached hydrogens (tertiary/aromatic N) is 2. The summed E-state index contributed by atoms with van der Waals surface area (Å²) < 4.78 is 11.3. The van der Waals surface area contributed by atoms with Gasteiger partial charge in [-0.3, -0.25) is 0 Å². The first kappa shape index (κ1) is 29.0. The highest BCUT2D eigenvalue weighted by Gasteiger charge is 2.12. The van der Waals surface area contributed by atoms with E-state index in [1.54, 1.807) is 23.9 Å². The second-order valence-electron chi connectivity index (χ2n) is 9.62. The molecule has 1 aromatic heterocycles. The lowest BCUT2D eigenvalue weighted by Gasteiger charge is -2.06. The number of unbranched alkanes of at least 4 members (excludes halogenated alkanes) is 10. The van der Waals surface area contributed by atoms with Crippen molar-refractivity contribution in [3.63, 3.8) is 0 Å². The Kier molecular flexibility index (Phi) is 13.3. The number of hydrogen-bond acceptors (Lipinski definition) is 6. The lowest BCUT2D eigenvalue weighted by atomic mass is 10.0.